The number of rotatable bonds is 4. The molecule has 1 heterocycles. The number of carbonyl (C=O) groups excluding carboxylic acids is 1. The molecule has 0 aliphatic carbocycles. The fraction of sp³-hybridized carbons (Fsp3) is 0.588. The van der Waals surface area contributed by atoms with Gasteiger partial charge in [0.15, 0.2) is 9.84 Å². The fourth-order valence-electron chi connectivity index (χ4n) is 2.85. The highest BCUT2D eigenvalue weighted by atomic mass is 32.2. The van der Waals surface area contributed by atoms with E-state index in [1.54, 1.807) is 11.8 Å². The summed E-state index contributed by atoms with van der Waals surface area (Å²) in [7, 11) is -2.99. The number of hydrogen-bond donors (Lipinski definition) is 0. The molecule has 0 spiro atoms. The molecule has 0 atom stereocenters. The Kier molecular flexibility index (Phi) is 5.27. The van der Waals surface area contributed by atoms with E-state index in [9.17, 15) is 13.2 Å². The van der Waals surface area contributed by atoms with Gasteiger partial charge >= 0.3 is 0 Å². The van der Waals surface area contributed by atoms with Gasteiger partial charge in [-0.1, -0.05) is 32.9 Å². The zero-order valence-electron chi connectivity index (χ0n) is 13.6. The van der Waals surface area contributed by atoms with Crippen LogP contribution in [0.5, 0.6) is 0 Å². The molecule has 1 saturated heterocycles. The van der Waals surface area contributed by atoms with E-state index in [0.29, 0.717) is 37.4 Å². The van der Waals surface area contributed by atoms with Crippen LogP contribution in [0.4, 0.5) is 0 Å². The van der Waals surface area contributed by atoms with Crippen LogP contribution in [0.25, 0.3) is 0 Å². The van der Waals surface area contributed by atoms with Gasteiger partial charge in [0.1, 0.15) is 0 Å². The van der Waals surface area contributed by atoms with Gasteiger partial charge in [-0.05, 0) is 36.5 Å². The van der Waals surface area contributed by atoms with Crippen LogP contribution < -0.4 is 0 Å². The zero-order valence-corrected chi connectivity index (χ0v) is 14.4. The minimum Gasteiger partial charge on any atom is -0.339 e. The number of hydrogen-bond acceptors (Lipinski definition) is 3. The molecule has 1 aliphatic heterocycles. The lowest BCUT2D eigenvalue weighted by Crippen LogP contribution is -2.42. The number of carbonyl (C=O) groups is 1. The molecule has 1 amide bonds. The maximum Gasteiger partial charge on any atom is 0.253 e. The van der Waals surface area contributed by atoms with E-state index < -0.39 is 9.84 Å². The first kappa shape index (κ1) is 17.0. The van der Waals surface area contributed by atoms with Crippen molar-refractivity contribution in [2.75, 3.05) is 18.8 Å². The standard InChI is InChI=1S/C17H25NO3S/c1-4-22(20,21)16-9-11-18(12-10-16)17(19)15-7-5-14(6-8-15)13(2)3/h5-8,13,16H,4,9-12H2,1-3H3. The Morgan fingerprint density at radius 2 is 1.73 bits per heavy atom. The predicted molar refractivity (Wildman–Crippen MR) is 88.9 cm³/mol. The van der Waals surface area contributed by atoms with Gasteiger partial charge in [0.05, 0.1) is 5.25 Å². The lowest BCUT2D eigenvalue weighted by Gasteiger charge is -2.31. The van der Waals surface area contributed by atoms with Crippen LogP contribution in [0, 0.1) is 0 Å². The highest BCUT2D eigenvalue weighted by Crippen LogP contribution is 2.21. The summed E-state index contributed by atoms with van der Waals surface area (Å²) in [6.07, 6.45) is 1.10. The number of likely N-dealkylation sites (tertiary alicyclic amines) is 1. The summed E-state index contributed by atoms with van der Waals surface area (Å²) in [6.45, 7) is 6.97. The van der Waals surface area contributed by atoms with Crippen molar-refractivity contribution < 1.29 is 13.2 Å². The first-order valence-electron chi connectivity index (χ1n) is 7.96. The highest BCUT2D eigenvalue weighted by Gasteiger charge is 2.30. The SMILES string of the molecule is CCS(=O)(=O)C1CCN(C(=O)c2ccc(C(C)C)cc2)CC1. The second kappa shape index (κ2) is 6.82. The molecule has 5 heteroatoms. The molecular weight excluding hydrogens is 298 g/mol. The molecule has 0 radical (unpaired) electrons. The lowest BCUT2D eigenvalue weighted by atomic mass is 10.0. The van der Waals surface area contributed by atoms with Crippen molar-refractivity contribution in [3.63, 3.8) is 0 Å². The Morgan fingerprint density at radius 1 is 1.18 bits per heavy atom. The van der Waals surface area contributed by atoms with E-state index >= 15 is 0 Å². The first-order valence-corrected chi connectivity index (χ1v) is 9.67. The second-order valence-corrected chi connectivity index (χ2v) is 8.79. The Balaban J connectivity index is 2.00. The second-order valence-electron chi connectivity index (χ2n) is 6.22. The van der Waals surface area contributed by atoms with E-state index in [2.05, 4.69) is 13.8 Å². The molecule has 1 aliphatic rings. The summed E-state index contributed by atoms with van der Waals surface area (Å²) in [5.74, 6) is 0.629. The molecule has 22 heavy (non-hydrogen) atoms. The third kappa shape index (κ3) is 3.69. The molecular formula is C17H25NO3S. The molecule has 0 N–H and O–H groups in total. The van der Waals surface area contributed by atoms with Crippen molar-refractivity contribution >= 4 is 15.7 Å². The normalized spacial score (nSPS) is 17.0. The minimum atomic E-state index is -2.99. The number of nitrogens with zero attached hydrogens (tertiary/aromatic N) is 1. The molecule has 1 aromatic carbocycles. The van der Waals surface area contributed by atoms with Gasteiger partial charge in [-0.3, -0.25) is 4.79 Å². The average molecular weight is 323 g/mol. The Morgan fingerprint density at radius 3 is 2.18 bits per heavy atom. The van der Waals surface area contributed by atoms with Crippen molar-refractivity contribution in [2.45, 2.75) is 44.8 Å². The van der Waals surface area contributed by atoms with Crippen molar-refractivity contribution in [1.82, 2.24) is 4.90 Å². The van der Waals surface area contributed by atoms with E-state index in [-0.39, 0.29) is 16.9 Å². The van der Waals surface area contributed by atoms with Gasteiger partial charge in [0, 0.05) is 24.4 Å². The molecule has 0 unspecified atom stereocenters. The summed E-state index contributed by atoms with van der Waals surface area (Å²) < 4.78 is 23.8. The van der Waals surface area contributed by atoms with Crippen LogP contribution in [0.3, 0.4) is 0 Å². The molecule has 2 rings (SSSR count). The van der Waals surface area contributed by atoms with E-state index in [1.165, 1.54) is 5.56 Å². The Bertz CT molecular complexity index is 612. The van der Waals surface area contributed by atoms with Gasteiger partial charge in [0.25, 0.3) is 5.91 Å². The smallest absolute Gasteiger partial charge is 0.253 e. The summed E-state index contributed by atoms with van der Waals surface area (Å²) in [5.41, 5.74) is 1.89. The minimum absolute atomic E-state index is 0.00246. The number of sulfone groups is 1. The van der Waals surface area contributed by atoms with Gasteiger partial charge in [0.2, 0.25) is 0 Å². The van der Waals surface area contributed by atoms with Crippen LogP contribution in [0.15, 0.2) is 24.3 Å². The molecule has 4 nitrogen and oxygen atoms in total. The maximum atomic E-state index is 12.5. The van der Waals surface area contributed by atoms with Crippen LogP contribution >= 0.6 is 0 Å². The fourth-order valence-corrected chi connectivity index (χ4v) is 4.25. The molecule has 0 saturated carbocycles. The van der Waals surface area contributed by atoms with Gasteiger partial charge in [-0.25, -0.2) is 8.42 Å². The van der Waals surface area contributed by atoms with Gasteiger partial charge in [-0.15, -0.1) is 0 Å². The summed E-state index contributed by atoms with van der Waals surface area (Å²) in [4.78, 5) is 14.3. The van der Waals surface area contributed by atoms with Gasteiger partial charge < -0.3 is 4.90 Å². The number of piperidine rings is 1. The first-order chi connectivity index (χ1) is 10.3. The van der Waals surface area contributed by atoms with E-state index in [0.717, 1.165) is 0 Å². The Hall–Kier alpha value is -1.36. The lowest BCUT2D eigenvalue weighted by molar-refractivity contribution is 0.0725. The topological polar surface area (TPSA) is 54.5 Å². The van der Waals surface area contributed by atoms with Crippen LogP contribution in [0.2, 0.25) is 0 Å². The molecule has 0 bridgehead atoms. The highest BCUT2D eigenvalue weighted by molar-refractivity contribution is 7.92. The number of benzene rings is 1. The molecule has 1 aromatic rings. The van der Waals surface area contributed by atoms with Crippen LogP contribution in [-0.4, -0.2) is 43.3 Å². The van der Waals surface area contributed by atoms with Crippen LogP contribution in [0.1, 0.15) is 55.5 Å². The Labute approximate surface area is 133 Å². The number of amides is 1. The van der Waals surface area contributed by atoms with Crippen LogP contribution in [-0.2, 0) is 9.84 Å². The monoisotopic (exact) mass is 323 g/mol. The molecule has 0 aromatic heterocycles. The third-order valence-corrected chi connectivity index (χ3v) is 6.76. The van der Waals surface area contributed by atoms with E-state index in [4.69, 9.17) is 0 Å². The quantitative estimate of drug-likeness (QED) is 0.856. The zero-order chi connectivity index (χ0) is 16.3. The van der Waals surface area contributed by atoms with Crippen molar-refractivity contribution in [3.05, 3.63) is 35.4 Å². The molecule has 122 valence electrons. The van der Waals surface area contributed by atoms with Crippen molar-refractivity contribution in [3.8, 4) is 0 Å². The average Bonchev–Trinajstić information content (AvgIpc) is 2.54. The third-order valence-electron chi connectivity index (χ3n) is 4.46. The largest absolute Gasteiger partial charge is 0.339 e. The summed E-state index contributed by atoms with van der Waals surface area (Å²) in [6, 6.07) is 7.72. The summed E-state index contributed by atoms with van der Waals surface area (Å²) in [5, 5.41) is -0.287. The van der Waals surface area contributed by atoms with Crippen molar-refractivity contribution in [2.24, 2.45) is 0 Å². The van der Waals surface area contributed by atoms with Gasteiger partial charge in [-0.2, -0.15) is 0 Å². The maximum absolute atomic E-state index is 12.5. The predicted octanol–water partition coefficient (Wildman–Crippen LogP) is 2.85. The summed E-state index contributed by atoms with van der Waals surface area (Å²) >= 11 is 0. The van der Waals surface area contributed by atoms with Crippen molar-refractivity contribution in [1.29, 1.82) is 0 Å². The molecule has 1 fully saturated rings. The van der Waals surface area contributed by atoms with E-state index in [1.807, 2.05) is 24.3 Å².